The molecule has 5 nitrogen and oxygen atoms in total. The topological polar surface area (TPSA) is 58.4 Å². The number of aromatic nitrogens is 1. The minimum Gasteiger partial charge on any atom is -0.440 e. The summed E-state index contributed by atoms with van der Waals surface area (Å²) >= 11 is 0. The van der Waals surface area contributed by atoms with Crippen molar-refractivity contribution in [2.24, 2.45) is 5.92 Å². The van der Waals surface area contributed by atoms with Crippen LogP contribution in [0.15, 0.2) is 22.6 Å². The molecule has 128 valence electrons. The van der Waals surface area contributed by atoms with Gasteiger partial charge in [-0.1, -0.05) is 26.8 Å². The molecule has 24 heavy (non-hydrogen) atoms. The van der Waals surface area contributed by atoms with Gasteiger partial charge in [0, 0.05) is 18.0 Å². The molecule has 1 amide bonds. The molecule has 0 radical (unpaired) electrons. The lowest BCUT2D eigenvalue weighted by Crippen LogP contribution is -2.57. The molecule has 1 aromatic carbocycles. The minimum absolute atomic E-state index is 0.0342. The number of piperidine rings is 3. The second-order valence-corrected chi connectivity index (χ2v) is 8.14. The van der Waals surface area contributed by atoms with Gasteiger partial charge in [0.25, 0.3) is 5.91 Å². The summed E-state index contributed by atoms with van der Waals surface area (Å²) < 4.78 is 5.86. The predicted molar refractivity (Wildman–Crippen MR) is 93.1 cm³/mol. The maximum atomic E-state index is 12.9. The Labute approximate surface area is 142 Å². The number of benzene rings is 1. The van der Waals surface area contributed by atoms with Crippen LogP contribution in [0, 0.1) is 5.92 Å². The number of amides is 1. The molecule has 0 aliphatic carbocycles. The number of carbonyl (C=O) groups is 1. The van der Waals surface area contributed by atoms with E-state index in [9.17, 15) is 4.79 Å². The first kappa shape index (κ1) is 15.6. The van der Waals surface area contributed by atoms with Crippen molar-refractivity contribution in [3.63, 3.8) is 0 Å². The van der Waals surface area contributed by atoms with E-state index in [1.165, 1.54) is 25.9 Å². The van der Waals surface area contributed by atoms with Gasteiger partial charge in [0.15, 0.2) is 5.58 Å². The van der Waals surface area contributed by atoms with Crippen molar-refractivity contribution in [1.82, 2.24) is 15.2 Å². The van der Waals surface area contributed by atoms with Gasteiger partial charge in [-0.15, -0.1) is 0 Å². The van der Waals surface area contributed by atoms with E-state index in [4.69, 9.17) is 4.42 Å². The van der Waals surface area contributed by atoms with Crippen LogP contribution in [-0.2, 0) is 5.41 Å². The summed E-state index contributed by atoms with van der Waals surface area (Å²) in [6.45, 7) is 9.49. The van der Waals surface area contributed by atoms with Crippen molar-refractivity contribution < 1.29 is 9.21 Å². The van der Waals surface area contributed by atoms with Gasteiger partial charge in [-0.25, -0.2) is 4.98 Å². The Balaban J connectivity index is 1.61. The first-order valence-electron chi connectivity index (χ1n) is 8.85. The van der Waals surface area contributed by atoms with Crippen molar-refractivity contribution in [3.8, 4) is 0 Å². The number of nitrogens with zero attached hydrogens (tertiary/aromatic N) is 2. The Morgan fingerprint density at radius 1 is 1.29 bits per heavy atom. The third kappa shape index (κ3) is 2.71. The summed E-state index contributed by atoms with van der Waals surface area (Å²) in [4.78, 5) is 19.9. The lowest BCUT2D eigenvalue weighted by molar-refractivity contribution is 0.0621. The third-order valence-electron chi connectivity index (χ3n) is 5.28. The van der Waals surface area contributed by atoms with Gasteiger partial charge in [0.1, 0.15) is 5.52 Å². The molecule has 5 heteroatoms. The second kappa shape index (κ2) is 5.59. The largest absolute Gasteiger partial charge is 0.440 e. The summed E-state index contributed by atoms with van der Waals surface area (Å²) in [5.41, 5.74) is 1.79. The third-order valence-corrected chi connectivity index (χ3v) is 5.28. The molecule has 1 atom stereocenters. The fourth-order valence-corrected chi connectivity index (χ4v) is 3.83. The van der Waals surface area contributed by atoms with Gasteiger partial charge < -0.3 is 14.6 Å². The average molecular weight is 327 g/mol. The zero-order valence-electron chi connectivity index (χ0n) is 14.6. The lowest BCUT2D eigenvalue weighted by atomic mass is 9.84. The van der Waals surface area contributed by atoms with E-state index in [2.05, 4.69) is 36.0 Å². The Kier molecular flexibility index (Phi) is 3.64. The molecule has 3 aliphatic rings. The first-order valence-corrected chi connectivity index (χ1v) is 8.85. The van der Waals surface area contributed by atoms with Crippen molar-refractivity contribution in [2.75, 3.05) is 19.6 Å². The van der Waals surface area contributed by atoms with Crippen LogP contribution in [-0.4, -0.2) is 41.5 Å². The SMILES string of the molecule is CC(C)(C)c1nc2c(C(=O)N[C@@H]3CN4CCC3CC4)cccc2o1. The number of hydrogen-bond acceptors (Lipinski definition) is 4. The Bertz CT molecular complexity index is 767. The molecule has 3 fully saturated rings. The summed E-state index contributed by atoms with van der Waals surface area (Å²) in [5, 5.41) is 3.24. The highest BCUT2D eigenvalue weighted by molar-refractivity contribution is 6.04. The normalized spacial score (nSPS) is 26.7. The van der Waals surface area contributed by atoms with Gasteiger partial charge in [-0.05, 0) is 44.0 Å². The molecule has 5 rings (SSSR count). The highest BCUT2D eigenvalue weighted by Gasteiger charge is 2.35. The monoisotopic (exact) mass is 327 g/mol. The molecule has 1 aromatic heterocycles. The van der Waals surface area contributed by atoms with E-state index in [0.29, 0.717) is 28.5 Å². The van der Waals surface area contributed by atoms with E-state index in [-0.39, 0.29) is 17.4 Å². The van der Waals surface area contributed by atoms with E-state index in [0.717, 1.165) is 6.54 Å². The number of hydrogen-bond donors (Lipinski definition) is 1. The first-order chi connectivity index (χ1) is 11.4. The average Bonchev–Trinajstić information content (AvgIpc) is 3.00. The Morgan fingerprint density at radius 3 is 2.67 bits per heavy atom. The van der Waals surface area contributed by atoms with Gasteiger partial charge in [-0.3, -0.25) is 4.79 Å². The van der Waals surface area contributed by atoms with Crippen molar-refractivity contribution in [2.45, 2.75) is 45.1 Å². The number of nitrogens with one attached hydrogen (secondary N) is 1. The Morgan fingerprint density at radius 2 is 2.04 bits per heavy atom. The Hall–Kier alpha value is -1.88. The van der Waals surface area contributed by atoms with Crippen LogP contribution < -0.4 is 5.32 Å². The van der Waals surface area contributed by atoms with E-state index < -0.39 is 0 Å². The van der Waals surface area contributed by atoms with Crippen molar-refractivity contribution in [3.05, 3.63) is 29.7 Å². The lowest BCUT2D eigenvalue weighted by Gasteiger charge is -2.44. The highest BCUT2D eigenvalue weighted by Crippen LogP contribution is 2.29. The predicted octanol–water partition coefficient (Wildman–Crippen LogP) is 2.95. The van der Waals surface area contributed by atoms with Crippen LogP contribution in [0.1, 0.15) is 49.9 Å². The van der Waals surface area contributed by atoms with E-state index >= 15 is 0 Å². The number of fused-ring (bicyclic) bond motifs is 4. The molecule has 1 N–H and O–H groups in total. The van der Waals surface area contributed by atoms with Gasteiger partial charge in [0.2, 0.25) is 5.89 Å². The zero-order valence-corrected chi connectivity index (χ0v) is 14.6. The maximum Gasteiger partial charge on any atom is 0.253 e. The molecule has 3 aliphatic heterocycles. The van der Waals surface area contributed by atoms with E-state index in [1.807, 2.05) is 18.2 Å². The van der Waals surface area contributed by atoms with Gasteiger partial charge in [0.05, 0.1) is 5.56 Å². The zero-order chi connectivity index (χ0) is 16.9. The van der Waals surface area contributed by atoms with Crippen molar-refractivity contribution >= 4 is 17.0 Å². The molecule has 0 spiro atoms. The standard InChI is InChI=1S/C19H25N3O2/c1-19(2,3)18-21-16-13(5-4-6-15(16)24-18)17(23)20-14-11-22-9-7-12(14)8-10-22/h4-6,12,14H,7-11H2,1-3H3,(H,20,23)/t14-/m1/s1. The van der Waals surface area contributed by atoms with E-state index in [1.54, 1.807) is 0 Å². The molecule has 4 heterocycles. The quantitative estimate of drug-likeness (QED) is 0.921. The molecule has 0 unspecified atom stereocenters. The summed E-state index contributed by atoms with van der Waals surface area (Å²) in [5.74, 6) is 1.24. The van der Waals surface area contributed by atoms with Gasteiger partial charge in [-0.2, -0.15) is 0 Å². The molecular weight excluding hydrogens is 302 g/mol. The van der Waals surface area contributed by atoms with Crippen molar-refractivity contribution in [1.29, 1.82) is 0 Å². The summed E-state index contributed by atoms with van der Waals surface area (Å²) in [6.07, 6.45) is 2.38. The maximum absolute atomic E-state index is 12.9. The van der Waals surface area contributed by atoms with Crippen LogP contribution in [0.3, 0.4) is 0 Å². The minimum atomic E-state index is -0.178. The molecule has 3 saturated heterocycles. The van der Waals surface area contributed by atoms with Crippen LogP contribution in [0.2, 0.25) is 0 Å². The number of carbonyl (C=O) groups excluding carboxylic acids is 1. The fourth-order valence-electron chi connectivity index (χ4n) is 3.83. The molecule has 0 saturated carbocycles. The number of oxazole rings is 1. The summed E-state index contributed by atoms with van der Waals surface area (Å²) in [7, 11) is 0. The highest BCUT2D eigenvalue weighted by atomic mass is 16.3. The van der Waals surface area contributed by atoms with Crippen LogP contribution in [0.4, 0.5) is 0 Å². The van der Waals surface area contributed by atoms with Crippen LogP contribution >= 0.6 is 0 Å². The van der Waals surface area contributed by atoms with Crippen LogP contribution in [0.5, 0.6) is 0 Å². The molecular formula is C19H25N3O2. The number of rotatable bonds is 2. The molecule has 2 aromatic rings. The fraction of sp³-hybridized carbons (Fsp3) is 0.579. The molecule has 2 bridgehead atoms. The van der Waals surface area contributed by atoms with Gasteiger partial charge >= 0.3 is 0 Å². The smallest absolute Gasteiger partial charge is 0.253 e. The summed E-state index contributed by atoms with van der Waals surface area (Å²) in [6, 6.07) is 5.84. The number of para-hydroxylation sites is 1. The second-order valence-electron chi connectivity index (χ2n) is 8.14. The van der Waals surface area contributed by atoms with Crippen LogP contribution in [0.25, 0.3) is 11.1 Å².